The molecule has 160 valence electrons. The van der Waals surface area contributed by atoms with Gasteiger partial charge in [0.1, 0.15) is 5.75 Å². The minimum atomic E-state index is -3.93. The van der Waals surface area contributed by atoms with Crippen molar-refractivity contribution < 1.29 is 17.9 Å². The van der Waals surface area contributed by atoms with Gasteiger partial charge in [0.25, 0.3) is 15.9 Å². The van der Waals surface area contributed by atoms with Crippen molar-refractivity contribution in [1.29, 1.82) is 0 Å². The van der Waals surface area contributed by atoms with Crippen molar-refractivity contribution in [2.45, 2.75) is 24.8 Å². The van der Waals surface area contributed by atoms with Gasteiger partial charge in [-0.2, -0.15) is 0 Å². The van der Waals surface area contributed by atoms with E-state index < -0.39 is 22.0 Å². The van der Waals surface area contributed by atoms with Crippen molar-refractivity contribution in [3.63, 3.8) is 0 Å². The summed E-state index contributed by atoms with van der Waals surface area (Å²) in [6.45, 7) is 3.76. The van der Waals surface area contributed by atoms with E-state index in [0.717, 1.165) is 11.1 Å². The standard InChI is InChI=1S/C23H21ClN2O4S/c1-15-8-10-18(12-16(15)2)25-23(27)22-14-26(20-13-17(24)9-11-21(20)30-22)31(28,29)19-6-4-3-5-7-19/h3-13,22H,14H2,1-2H3,(H,25,27)/t22-/m1/s1. The number of benzene rings is 3. The maximum atomic E-state index is 13.4. The van der Waals surface area contributed by atoms with Crippen molar-refractivity contribution in [1.82, 2.24) is 0 Å². The third kappa shape index (κ3) is 4.24. The molecule has 0 aromatic heterocycles. The molecule has 1 atom stereocenters. The number of fused-ring (bicyclic) bond motifs is 1. The van der Waals surface area contributed by atoms with E-state index in [2.05, 4.69) is 5.32 Å². The molecule has 0 fully saturated rings. The Kier molecular flexibility index (Phi) is 5.64. The Bertz CT molecular complexity index is 1250. The Morgan fingerprint density at radius 1 is 1.03 bits per heavy atom. The first-order valence-electron chi connectivity index (χ1n) is 9.68. The zero-order chi connectivity index (χ0) is 22.2. The van der Waals surface area contributed by atoms with Crippen molar-refractivity contribution >= 4 is 38.9 Å². The Hall–Kier alpha value is -3.03. The number of nitrogens with zero attached hydrogens (tertiary/aromatic N) is 1. The number of carbonyl (C=O) groups excluding carboxylic acids is 1. The number of amides is 1. The molecule has 3 aromatic carbocycles. The van der Waals surface area contributed by atoms with E-state index in [9.17, 15) is 13.2 Å². The predicted octanol–water partition coefficient (Wildman–Crippen LogP) is 4.55. The number of sulfonamides is 1. The van der Waals surface area contributed by atoms with Crippen LogP contribution in [0.2, 0.25) is 5.02 Å². The van der Waals surface area contributed by atoms with Gasteiger partial charge in [0.05, 0.1) is 17.1 Å². The fourth-order valence-electron chi connectivity index (χ4n) is 3.35. The lowest BCUT2D eigenvalue weighted by atomic mass is 10.1. The minimum Gasteiger partial charge on any atom is -0.476 e. The van der Waals surface area contributed by atoms with Gasteiger partial charge in [-0.3, -0.25) is 9.10 Å². The van der Waals surface area contributed by atoms with Gasteiger partial charge in [-0.15, -0.1) is 0 Å². The zero-order valence-electron chi connectivity index (χ0n) is 17.0. The largest absolute Gasteiger partial charge is 0.476 e. The second-order valence-electron chi connectivity index (χ2n) is 7.36. The molecule has 8 heteroatoms. The van der Waals surface area contributed by atoms with Crippen LogP contribution in [0.3, 0.4) is 0 Å². The maximum absolute atomic E-state index is 13.4. The van der Waals surface area contributed by atoms with Crippen LogP contribution in [0.25, 0.3) is 0 Å². The van der Waals surface area contributed by atoms with E-state index in [1.165, 1.54) is 22.5 Å². The molecule has 1 N–H and O–H groups in total. The average Bonchev–Trinajstić information content (AvgIpc) is 2.76. The van der Waals surface area contributed by atoms with E-state index in [0.29, 0.717) is 16.4 Å². The molecule has 0 unspecified atom stereocenters. The summed E-state index contributed by atoms with van der Waals surface area (Å²) < 4.78 is 33.8. The summed E-state index contributed by atoms with van der Waals surface area (Å²) in [5.41, 5.74) is 3.07. The highest BCUT2D eigenvalue weighted by atomic mass is 35.5. The average molecular weight is 457 g/mol. The topological polar surface area (TPSA) is 75.7 Å². The molecule has 0 aliphatic carbocycles. The van der Waals surface area contributed by atoms with Gasteiger partial charge in [0.2, 0.25) is 0 Å². The van der Waals surface area contributed by atoms with Gasteiger partial charge >= 0.3 is 0 Å². The second kappa shape index (κ2) is 8.24. The molecule has 1 heterocycles. The van der Waals surface area contributed by atoms with Crippen LogP contribution in [0.1, 0.15) is 11.1 Å². The van der Waals surface area contributed by atoms with E-state index >= 15 is 0 Å². The first kappa shape index (κ1) is 21.2. The maximum Gasteiger partial charge on any atom is 0.267 e. The molecule has 0 spiro atoms. The quantitative estimate of drug-likeness (QED) is 0.624. The van der Waals surface area contributed by atoms with E-state index in [1.807, 2.05) is 26.0 Å². The molecule has 6 nitrogen and oxygen atoms in total. The fourth-order valence-corrected chi connectivity index (χ4v) is 5.01. The van der Waals surface area contributed by atoms with Crippen LogP contribution in [0.4, 0.5) is 11.4 Å². The zero-order valence-corrected chi connectivity index (χ0v) is 18.6. The number of carbonyl (C=O) groups is 1. The smallest absolute Gasteiger partial charge is 0.267 e. The van der Waals surface area contributed by atoms with Crippen LogP contribution in [-0.4, -0.2) is 27.0 Å². The molecule has 4 rings (SSSR count). The van der Waals surface area contributed by atoms with Crippen LogP contribution in [0, 0.1) is 13.8 Å². The van der Waals surface area contributed by atoms with Crippen molar-refractivity contribution in [2.24, 2.45) is 0 Å². The minimum absolute atomic E-state index is 0.121. The summed E-state index contributed by atoms with van der Waals surface area (Å²) in [6, 6.07) is 18.3. The summed E-state index contributed by atoms with van der Waals surface area (Å²) in [6.07, 6.45) is -1.03. The molecular weight excluding hydrogens is 436 g/mol. The molecule has 1 amide bonds. The number of rotatable bonds is 4. The van der Waals surface area contributed by atoms with Gasteiger partial charge in [0, 0.05) is 10.7 Å². The van der Waals surface area contributed by atoms with Gasteiger partial charge in [0.15, 0.2) is 6.10 Å². The molecule has 1 aliphatic rings. The number of aryl methyl sites for hydroxylation is 2. The third-order valence-corrected chi connectivity index (χ3v) is 7.22. The van der Waals surface area contributed by atoms with Crippen molar-refractivity contribution in [3.8, 4) is 5.75 Å². The highest BCUT2D eigenvalue weighted by Crippen LogP contribution is 2.39. The van der Waals surface area contributed by atoms with E-state index in [-0.39, 0.29) is 17.2 Å². The van der Waals surface area contributed by atoms with Gasteiger partial charge in [-0.05, 0) is 67.4 Å². The third-order valence-electron chi connectivity index (χ3n) is 5.19. The SMILES string of the molecule is Cc1ccc(NC(=O)[C@H]2CN(S(=O)(=O)c3ccccc3)c3cc(Cl)ccc3O2)cc1C. The Morgan fingerprint density at radius 3 is 2.48 bits per heavy atom. The van der Waals surface area contributed by atoms with Gasteiger partial charge in [-0.1, -0.05) is 35.9 Å². The molecule has 3 aromatic rings. The number of hydrogen-bond donors (Lipinski definition) is 1. The Balaban J connectivity index is 1.68. The Labute approximate surface area is 186 Å². The molecule has 0 saturated heterocycles. The molecule has 0 bridgehead atoms. The summed E-state index contributed by atoms with van der Waals surface area (Å²) in [5, 5.41) is 3.19. The lowest BCUT2D eigenvalue weighted by Crippen LogP contribution is -2.48. The summed E-state index contributed by atoms with van der Waals surface area (Å²) >= 11 is 6.12. The first-order chi connectivity index (χ1) is 14.8. The van der Waals surface area contributed by atoms with Crippen LogP contribution in [0.15, 0.2) is 71.6 Å². The molecule has 1 aliphatic heterocycles. The Morgan fingerprint density at radius 2 is 1.77 bits per heavy atom. The monoisotopic (exact) mass is 456 g/mol. The predicted molar refractivity (Wildman–Crippen MR) is 121 cm³/mol. The molecule has 31 heavy (non-hydrogen) atoms. The van der Waals surface area contributed by atoms with Crippen molar-refractivity contribution in [2.75, 3.05) is 16.2 Å². The van der Waals surface area contributed by atoms with Crippen LogP contribution < -0.4 is 14.4 Å². The number of nitrogens with one attached hydrogen (secondary N) is 1. The highest BCUT2D eigenvalue weighted by molar-refractivity contribution is 7.92. The van der Waals surface area contributed by atoms with Gasteiger partial charge < -0.3 is 10.1 Å². The normalized spacial score (nSPS) is 15.7. The number of ether oxygens (including phenoxy) is 1. The number of halogens is 1. The van der Waals surface area contributed by atoms with Crippen LogP contribution >= 0.6 is 11.6 Å². The molecular formula is C23H21ClN2O4S. The summed E-state index contributed by atoms with van der Waals surface area (Å²) in [7, 11) is -3.93. The highest BCUT2D eigenvalue weighted by Gasteiger charge is 2.37. The van der Waals surface area contributed by atoms with Crippen LogP contribution in [-0.2, 0) is 14.8 Å². The van der Waals surface area contributed by atoms with Gasteiger partial charge in [-0.25, -0.2) is 8.42 Å². The molecule has 0 radical (unpaired) electrons. The lowest BCUT2D eigenvalue weighted by molar-refractivity contribution is -0.122. The lowest BCUT2D eigenvalue weighted by Gasteiger charge is -2.34. The number of hydrogen-bond acceptors (Lipinski definition) is 4. The second-order valence-corrected chi connectivity index (χ2v) is 9.65. The van der Waals surface area contributed by atoms with Crippen molar-refractivity contribution in [3.05, 3.63) is 82.9 Å². The van der Waals surface area contributed by atoms with E-state index in [1.54, 1.807) is 36.4 Å². The molecule has 0 saturated carbocycles. The first-order valence-corrected chi connectivity index (χ1v) is 11.5. The summed E-state index contributed by atoms with van der Waals surface area (Å²) in [4.78, 5) is 13.1. The number of anilines is 2. The fraction of sp³-hybridized carbons (Fsp3) is 0.174. The van der Waals surface area contributed by atoms with E-state index in [4.69, 9.17) is 16.3 Å². The van der Waals surface area contributed by atoms with Crippen LogP contribution in [0.5, 0.6) is 5.75 Å². The summed E-state index contributed by atoms with van der Waals surface area (Å²) in [5.74, 6) is -0.160.